The van der Waals surface area contributed by atoms with Crippen molar-refractivity contribution in [1.82, 2.24) is 0 Å². The van der Waals surface area contributed by atoms with Crippen molar-refractivity contribution >= 4 is 0 Å². The molecule has 0 spiro atoms. The van der Waals surface area contributed by atoms with Crippen LogP contribution in [0.5, 0.6) is 0 Å². The molecule has 0 aromatic rings. The van der Waals surface area contributed by atoms with Crippen molar-refractivity contribution in [2.45, 2.75) is 30.7 Å². The van der Waals surface area contributed by atoms with E-state index in [1.807, 2.05) is 0 Å². The molecular formula is C6H11N3O6. The molecule has 0 aromatic heterocycles. The van der Waals surface area contributed by atoms with Crippen LogP contribution >= 0.6 is 0 Å². The zero-order valence-corrected chi connectivity index (χ0v) is 7.54. The van der Waals surface area contributed by atoms with Crippen molar-refractivity contribution < 1.29 is 30.0 Å². The number of aliphatic hydroxyl groups is 4. The first-order valence-electron chi connectivity index (χ1n) is 4.12. The van der Waals surface area contributed by atoms with Crippen LogP contribution in [0.2, 0.25) is 0 Å². The average molecular weight is 221 g/mol. The second-order valence-electron chi connectivity index (χ2n) is 2.98. The van der Waals surface area contributed by atoms with Gasteiger partial charge in [0.25, 0.3) is 0 Å². The van der Waals surface area contributed by atoms with Gasteiger partial charge in [-0.25, -0.2) is 0 Å². The SMILES string of the molecule is [N-]=[N+]=NO[C@H]1O[C@H]([C@@H](O)CO)[C@H](O)[C@@H]1O. The molecule has 1 saturated heterocycles. The van der Waals surface area contributed by atoms with Crippen molar-refractivity contribution in [3.8, 4) is 0 Å². The topological polar surface area (TPSA) is 148 Å². The van der Waals surface area contributed by atoms with Crippen LogP contribution in [0.1, 0.15) is 0 Å². The van der Waals surface area contributed by atoms with Gasteiger partial charge in [-0.1, -0.05) is 0 Å². The summed E-state index contributed by atoms with van der Waals surface area (Å²) in [7, 11) is 0. The second-order valence-corrected chi connectivity index (χ2v) is 2.98. The van der Waals surface area contributed by atoms with Crippen LogP contribution in [-0.2, 0) is 9.57 Å². The summed E-state index contributed by atoms with van der Waals surface area (Å²) < 4.78 is 4.84. The molecular weight excluding hydrogens is 210 g/mol. The van der Waals surface area contributed by atoms with E-state index >= 15 is 0 Å². The maximum absolute atomic E-state index is 9.37. The highest BCUT2D eigenvalue weighted by Gasteiger charge is 2.47. The van der Waals surface area contributed by atoms with E-state index in [4.69, 9.17) is 15.4 Å². The Morgan fingerprint density at radius 3 is 2.67 bits per heavy atom. The lowest BCUT2D eigenvalue weighted by Crippen LogP contribution is -2.40. The second kappa shape index (κ2) is 5.12. The Balaban J connectivity index is 2.62. The number of ether oxygens (including phenoxy) is 1. The van der Waals surface area contributed by atoms with Gasteiger partial charge in [0.05, 0.1) is 6.61 Å². The molecule has 4 N–H and O–H groups in total. The van der Waals surface area contributed by atoms with Gasteiger partial charge in [-0.2, -0.15) is 0 Å². The molecule has 0 amide bonds. The van der Waals surface area contributed by atoms with E-state index < -0.39 is 37.3 Å². The summed E-state index contributed by atoms with van der Waals surface area (Å²) in [6.45, 7) is -0.636. The zero-order valence-electron chi connectivity index (χ0n) is 7.54. The number of azide groups is 1. The van der Waals surface area contributed by atoms with Crippen LogP contribution in [0.25, 0.3) is 10.4 Å². The largest absolute Gasteiger partial charge is 0.400 e. The van der Waals surface area contributed by atoms with Gasteiger partial charge < -0.3 is 30.0 Å². The van der Waals surface area contributed by atoms with Gasteiger partial charge in [0, 0.05) is 4.91 Å². The van der Waals surface area contributed by atoms with Crippen molar-refractivity contribution in [2.75, 3.05) is 6.61 Å². The third-order valence-electron chi connectivity index (χ3n) is 2.01. The van der Waals surface area contributed by atoms with E-state index in [1.165, 1.54) is 0 Å². The molecule has 1 heterocycles. The molecule has 86 valence electrons. The molecule has 9 heteroatoms. The van der Waals surface area contributed by atoms with Crippen LogP contribution < -0.4 is 0 Å². The van der Waals surface area contributed by atoms with Crippen LogP contribution in [0.15, 0.2) is 5.28 Å². The first-order chi connectivity index (χ1) is 7.11. The quantitative estimate of drug-likeness (QED) is 0.187. The summed E-state index contributed by atoms with van der Waals surface area (Å²) >= 11 is 0. The Morgan fingerprint density at radius 1 is 1.47 bits per heavy atom. The molecule has 15 heavy (non-hydrogen) atoms. The molecule has 9 nitrogen and oxygen atoms in total. The molecule has 1 aliphatic rings. The number of rotatable bonds is 4. The molecule has 0 bridgehead atoms. The molecule has 1 fully saturated rings. The summed E-state index contributed by atoms with van der Waals surface area (Å²) in [5, 5.41) is 39.2. The third-order valence-corrected chi connectivity index (χ3v) is 2.01. The maximum atomic E-state index is 9.37. The number of aliphatic hydroxyl groups excluding tert-OH is 4. The predicted octanol–water partition coefficient (Wildman–Crippen LogP) is -1.97. The van der Waals surface area contributed by atoms with Gasteiger partial charge in [0.15, 0.2) is 0 Å². The minimum Gasteiger partial charge on any atom is -0.400 e. The summed E-state index contributed by atoms with van der Waals surface area (Å²) in [5.74, 6) is 0. The van der Waals surface area contributed by atoms with Gasteiger partial charge in [-0.3, -0.25) is 0 Å². The lowest BCUT2D eigenvalue weighted by molar-refractivity contribution is -0.182. The fourth-order valence-corrected chi connectivity index (χ4v) is 1.25. The Morgan fingerprint density at radius 2 is 2.13 bits per heavy atom. The van der Waals surface area contributed by atoms with E-state index in [9.17, 15) is 15.3 Å². The fraction of sp³-hybridized carbons (Fsp3) is 1.00. The highest BCUT2D eigenvalue weighted by molar-refractivity contribution is 4.90. The minimum absolute atomic E-state index is 0.636. The van der Waals surface area contributed by atoms with E-state index in [0.29, 0.717) is 0 Å². The van der Waals surface area contributed by atoms with Crippen molar-refractivity contribution in [3.63, 3.8) is 0 Å². The molecule has 0 aromatic carbocycles. The number of nitrogens with zero attached hydrogens (tertiary/aromatic N) is 3. The lowest BCUT2D eigenvalue weighted by atomic mass is 10.1. The minimum atomic E-state index is -1.46. The highest BCUT2D eigenvalue weighted by atomic mass is 16.8. The summed E-state index contributed by atoms with van der Waals surface area (Å²) in [6, 6.07) is 0. The Labute approximate surface area is 84.0 Å². The van der Waals surface area contributed by atoms with Gasteiger partial charge >= 0.3 is 0 Å². The van der Waals surface area contributed by atoms with Crippen molar-refractivity contribution in [1.29, 1.82) is 0 Å². The van der Waals surface area contributed by atoms with E-state index in [0.717, 1.165) is 0 Å². The molecule has 1 aliphatic heterocycles. The van der Waals surface area contributed by atoms with E-state index in [-0.39, 0.29) is 0 Å². The third kappa shape index (κ3) is 2.48. The van der Waals surface area contributed by atoms with Gasteiger partial charge in [0.2, 0.25) is 6.29 Å². The lowest BCUT2D eigenvalue weighted by Gasteiger charge is -2.18. The van der Waals surface area contributed by atoms with Crippen LogP contribution in [-0.4, -0.2) is 57.7 Å². The average Bonchev–Trinajstić information content (AvgIpc) is 2.53. The smallest absolute Gasteiger partial charge is 0.237 e. The first-order valence-corrected chi connectivity index (χ1v) is 4.12. The summed E-state index contributed by atoms with van der Waals surface area (Å²) in [4.78, 5) is 6.61. The van der Waals surface area contributed by atoms with Crippen LogP contribution in [0.3, 0.4) is 0 Å². The van der Waals surface area contributed by atoms with Gasteiger partial charge in [-0.15, -0.1) is 0 Å². The van der Waals surface area contributed by atoms with Gasteiger partial charge in [-0.05, 0) is 5.53 Å². The summed E-state index contributed by atoms with van der Waals surface area (Å²) in [5.41, 5.74) is 7.94. The molecule has 0 radical (unpaired) electrons. The Kier molecular flexibility index (Phi) is 4.09. The van der Waals surface area contributed by atoms with Crippen LogP contribution in [0, 0.1) is 0 Å². The molecule has 1 rings (SSSR count). The molecule has 0 saturated carbocycles. The van der Waals surface area contributed by atoms with Crippen molar-refractivity contribution in [2.24, 2.45) is 5.28 Å². The number of hydrogen-bond acceptors (Lipinski definition) is 7. The Hall–Kier alpha value is -1.09. The monoisotopic (exact) mass is 221 g/mol. The fourth-order valence-electron chi connectivity index (χ4n) is 1.25. The number of hydrogen-bond donors (Lipinski definition) is 4. The standard InChI is InChI=1S/C6H11N3O6/c7-8-9-15-6-4(13)3(12)5(14-6)2(11)1-10/h2-6,10-13H,1H2/t2-,3+,4-,5+,6+/m0/s1. The maximum Gasteiger partial charge on any atom is 0.237 e. The molecule has 0 aliphatic carbocycles. The Bertz CT molecular complexity index is 257. The first kappa shape index (κ1) is 12.0. The van der Waals surface area contributed by atoms with Gasteiger partial charge in [0.1, 0.15) is 29.7 Å². The highest BCUT2D eigenvalue weighted by Crippen LogP contribution is 2.24. The normalized spacial score (nSPS) is 37.1. The van der Waals surface area contributed by atoms with Crippen molar-refractivity contribution in [3.05, 3.63) is 10.4 Å². The van der Waals surface area contributed by atoms with E-state index in [1.54, 1.807) is 0 Å². The van der Waals surface area contributed by atoms with E-state index in [2.05, 4.69) is 15.0 Å². The zero-order chi connectivity index (χ0) is 11.4. The predicted molar refractivity (Wildman–Crippen MR) is 44.0 cm³/mol. The molecule has 0 unspecified atom stereocenters. The summed E-state index contributed by atoms with van der Waals surface area (Å²) in [6.07, 6.45) is -6.78. The molecule has 5 atom stereocenters. The van der Waals surface area contributed by atoms with Crippen LogP contribution in [0.4, 0.5) is 0 Å².